The van der Waals surface area contributed by atoms with Gasteiger partial charge in [-0.3, -0.25) is 9.59 Å². The molecule has 2 rings (SSSR count). The van der Waals surface area contributed by atoms with Gasteiger partial charge in [0.25, 0.3) is 5.91 Å². The van der Waals surface area contributed by atoms with Crippen molar-refractivity contribution in [2.24, 2.45) is 0 Å². The van der Waals surface area contributed by atoms with Gasteiger partial charge in [0.05, 0.1) is 6.61 Å². The van der Waals surface area contributed by atoms with Gasteiger partial charge < -0.3 is 25.4 Å². The summed E-state index contributed by atoms with van der Waals surface area (Å²) in [6.07, 6.45) is 2.74. The van der Waals surface area contributed by atoms with E-state index in [0.29, 0.717) is 12.1 Å². The minimum Gasteiger partial charge on any atom is -0.444 e. The number of nitrogens with one attached hydrogen (secondary N) is 2. The Balaban J connectivity index is 2.56. The van der Waals surface area contributed by atoms with Crippen molar-refractivity contribution in [1.29, 1.82) is 0 Å². The van der Waals surface area contributed by atoms with E-state index < -0.39 is 36.3 Å². The molecule has 0 radical (unpaired) electrons. The normalized spacial score (nSPS) is 12.8. The summed E-state index contributed by atoms with van der Waals surface area (Å²) in [5.41, 5.74) is 3.23. The van der Waals surface area contributed by atoms with Gasteiger partial charge in [0, 0.05) is 12.2 Å². The number of amides is 3. The number of benzene rings is 2. The van der Waals surface area contributed by atoms with E-state index in [9.17, 15) is 19.5 Å². The number of hydrogen-bond donors (Lipinski definition) is 3. The van der Waals surface area contributed by atoms with Crippen LogP contribution in [0.2, 0.25) is 0 Å². The van der Waals surface area contributed by atoms with Crippen molar-refractivity contribution in [1.82, 2.24) is 10.2 Å². The molecular weight excluding hydrogens is 494 g/mol. The molecule has 0 spiro atoms. The Morgan fingerprint density at radius 1 is 0.923 bits per heavy atom. The third-order valence-electron chi connectivity index (χ3n) is 6.49. The topological polar surface area (TPSA) is 108 Å². The number of aliphatic hydroxyl groups is 1. The fourth-order valence-corrected chi connectivity index (χ4v) is 4.51. The number of ether oxygens (including phenoxy) is 1. The van der Waals surface area contributed by atoms with Crippen LogP contribution in [0.1, 0.15) is 81.7 Å². The maximum atomic E-state index is 14.0. The number of carbonyl (C=O) groups is 3. The van der Waals surface area contributed by atoms with Crippen molar-refractivity contribution in [2.45, 2.75) is 91.8 Å². The van der Waals surface area contributed by atoms with Gasteiger partial charge in [-0.2, -0.15) is 0 Å². The molecule has 0 aliphatic rings. The van der Waals surface area contributed by atoms with E-state index in [4.69, 9.17) is 4.74 Å². The van der Waals surface area contributed by atoms with E-state index in [1.165, 1.54) is 4.90 Å². The Morgan fingerprint density at radius 3 is 2.10 bits per heavy atom. The zero-order chi connectivity index (χ0) is 29.2. The fraction of sp³-hybridized carbons (Fsp3) is 0.516. The third-order valence-corrected chi connectivity index (χ3v) is 6.49. The lowest BCUT2D eigenvalue weighted by Crippen LogP contribution is -2.54. The van der Waals surface area contributed by atoms with Crippen LogP contribution >= 0.6 is 0 Å². The van der Waals surface area contributed by atoms with Gasteiger partial charge in [0.15, 0.2) is 0 Å². The van der Waals surface area contributed by atoms with E-state index in [1.807, 2.05) is 63.2 Å². The summed E-state index contributed by atoms with van der Waals surface area (Å²) in [5, 5.41) is 15.7. The quantitative estimate of drug-likeness (QED) is 0.305. The van der Waals surface area contributed by atoms with Crippen LogP contribution in [0.3, 0.4) is 0 Å². The summed E-state index contributed by atoms with van der Waals surface area (Å²) in [6, 6.07) is 11.0. The van der Waals surface area contributed by atoms with Crippen LogP contribution in [0.5, 0.6) is 0 Å². The largest absolute Gasteiger partial charge is 0.444 e. The van der Waals surface area contributed by atoms with Gasteiger partial charge in [-0.1, -0.05) is 62.6 Å². The van der Waals surface area contributed by atoms with Crippen LogP contribution in [-0.2, 0) is 14.3 Å². The number of nitrogens with zero attached hydrogens (tertiary/aromatic N) is 1. The Bertz CT molecular complexity index is 1110. The van der Waals surface area contributed by atoms with Gasteiger partial charge in [0.2, 0.25) is 5.91 Å². The Labute approximate surface area is 233 Å². The van der Waals surface area contributed by atoms with Gasteiger partial charge in [0.1, 0.15) is 17.7 Å². The molecule has 3 N–H and O–H groups in total. The Morgan fingerprint density at radius 2 is 1.54 bits per heavy atom. The van der Waals surface area contributed by atoms with Gasteiger partial charge >= 0.3 is 6.09 Å². The van der Waals surface area contributed by atoms with Gasteiger partial charge in [-0.05, 0) is 76.3 Å². The number of para-hydroxylation sites is 1. The molecule has 3 amide bonds. The Hall–Kier alpha value is -3.39. The van der Waals surface area contributed by atoms with E-state index in [2.05, 4.69) is 17.6 Å². The smallest absolute Gasteiger partial charge is 0.408 e. The predicted octanol–water partition coefficient (Wildman–Crippen LogP) is 5.59. The molecule has 0 fully saturated rings. The highest BCUT2D eigenvalue weighted by Crippen LogP contribution is 2.30. The summed E-state index contributed by atoms with van der Waals surface area (Å²) in [4.78, 5) is 42.1. The summed E-state index contributed by atoms with van der Waals surface area (Å²) in [5.74, 6) is -0.910. The number of aliphatic hydroxyl groups excluding tert-OH is 1. The average molecular weight is 540 g/mol. The number of carbonyl (C=O) groups excluding carboxylic acids is 3. The Kier molecular flexibility index (Phi) is 12.0. The fourth-order valence-electron chi connectivity index (χ4n) is 4.51. The summed E-state index contributed by atoms with van der Waals surface area (Å²) in [7, 11) is 0. The summed E-state index contributed by atoms with van der Waals surface area (Å²) in [6.45, 7) is 12.6. The number of rotatable bonds is 12. The molecule has 0 aliphatic carbocycles. The van der Waals surface area contributed by atoms with Crippen molar-refractivity contribution in [3.8, 4) is 0 Å². The van der Waals surface area contributed by atoms with Crippen LogP contribution in [-0.4, -0.2) is 52.7 Å². The van der Waals surface area contributed by atoms with Crippen LogP contribution in [0.25, 0.3) is 0 Å². The zero-order valence-electron chi connectivity index (χ0n) is 24.5. The molecule has 0 saturated carbocycles. The molecular formula is C31H45N3O5. The minimum atomic E-state index is -1.27. The molecule has 0 bridgehead atoms. The van der Waals surface area contributed by atoms with Crippen LogP contribution in [0, 0.1) is 20.8 Å². The first-order valence-corrected chi connectivity index (χ1v) is 13.7. The van der Waals surface area contributed by atoms with E-state index in [0.717, 1.165) is 41.5 Å². The standard InChI is InChI=1S/C31H45N3O5/c1-8-9-10-13-19-34(29(37)25(20-35)33-30(38)39-31(5,6)7)27(26-22(3)16-14-17-23(26)4)28(36)32-24-18-12-11-15-21(24)2/h11-12,14-18,25,27,35H,8-10,13,19-20H2,1-7H3,(H,32,36)(H,33,38). The molecule has 8 heteroatoms. The number of aryl methyl sites for hydroxylation is 3. The van der Waals surface area contributed by atoms with Crippen LogP contribution in [0.4, 0.5) is 10.5 Å². The first kappa shape index (κ1) is 31.8. The molecule has 2 aromatic rings. The van der Waals surface area contributed by atoms with Crippen molar-refractivity contribution >= 4 is 23.6 Å². The lowest BCUT2D eigenvalue weighted by atomic mass is 9.93. The molecule has 2 aromatic carbocycles. The highest BCUT2D eigenvalue weighted by Gasteiger charge is 2.37. The monoisotopic (exact) mass is 539 g/mol. The van der Waals surface area contributed by atoms with Crippen molar-refractivity contribution < 1.29 is 24.2 Å². The molecule has 39 heavy (non-hydrogen) atoms. The van der Waals surface area contributed by atoms with E-state index >= 15 is 0 Å². The maximum Gasteiger partial charge on any atom is 0.408 e. The molecule has 0 aliphatic heterocycles. The van der Waals surface area contributed by atoms with Crippen molar-refractivity contribution in [3.05, 3.63) is 64.7 Å². The number of unbranched alkanes of at least 4 members (excludes halogenated alkanes) is 3. The van der Waals surface area contributed by atoms with E-state index in [-0.39, 0.29) is 12.5 Å². The number of hydrogen-bond acceptors (Lipinski definition) is 5. The molecule has 0 aromatic heterocycles. The first-order valence-electron chi connectivity index (χ1n) is 13.7. The zero-order valence-corrected chi connectivity index (χ0v) is 24.5. The lowest BCUT2D eigenvalue weighted by Gasteiger charge is -2.35. The maximum absolute atomic E-state index is 14.0. The molecule has 0 saturated heterocycles. The predicted molar refractivity (Wildman–Crippen MR) is 155 cm³/mol. The molecule has 2 atom stereocenters. The average Bonchev–Trinajstić information content (AvgIpc) is 2.85. The van der Waals surface area contributed by atoms with Gasteiger partial charge in [-0.25, -0.2) is 4.79 Å². The number of anilines is 1. The third kappa shape index (κ3) is 9.39. The SMILES string of the molecule is CCCCCCN(C(=O)C(CO)NC(=O)OC(C)(C)C)C(C(=O)Nc1ccccc1C)c1c(C)cccc1C. The highest BCUT2D eigenvalue weighted by atomic mass is 16.6. The second-order valence-electron chi connectivity index (χ2n) is 11.0. The van der Waals surface area contributed by atoms with Crippen LogP contribution < -0.4 is 10.6 Å². The van der Waals surface area contributed by atoms with E-state index in [1.54, 1.807) is 20.8 Å². The molecule has 0 heterocycles. The first-order chi connectivity index (χ1) is 18.4. The van der Waals surface area contributed by atoms with Crippen molar-refractivity contribution in [3.63, 3.8) is 0 Å². The minimum absolute atomic E-state index is 0.283. The summed E-state index contributed by atoms with van der Waals surface area (Å²) >= 11 is 0. The van der Waals surface area contributed by atoms with Gasteiger partial charge in [-0.15, -0.1) is 0 Å². The second kappa shape index (κ2) is 14.7. The highest BCUT2D eigenvalue weighted by molar-refractivity contribution is 5.99. The second-order valence-corrected chi connectivity index (χ2v) is 11.0. The van der Waals surface area contributed by atoms with Crippen molar-refractivity contribution in [2.75, 3.05) is 18.5 Å². The molecule has 8 nitrogen and oxygen atoms in total. The number of alkyl carbamates (subject to hydrolysis) is 1. The molecule has 214 valence electrons. The van der Waals surface area contributed by atoms with Crippen LogP contribution in [0.15, 0.2) is 42.5 Å². The molecule has 2 unspecified atom stereocenters. The lowest BCUT2D eigenvalue weighted by molar-refractivity contribution is -0.141. The summed E-state index contributed by atoms with van der Waals surface area (Å²) < 4.78 is 5.32.